The number of hydrogen-bond donors (Lipinski definition) is 5. The molecule has 0 spiro atoms. The van der Waals surface area contributed by atoms with Crippen LogP contribution in [0, 0.1) is 22.7 Å². The summed E-state index contributed by atoms with van der Waals surface area (Å²) in [6, 6.07) is 14.6. The van der Waals surface area contributed by atoms with Crippen molar-refractivity contribution in [3.05, 3.63) is 82.9 Å². The standard InChI is InChI=1S/C46H58N2O14/c1-24-29(58-40(55)35(59-31(51)23-47)33(26-15-11-9-12-16-26)48-41(56)62-42(3,4)5)22-46(57)38(60-39(54)27-17-13-10-14-18-27)36-44(8,37(53)34(52)32(24)43(46,6)7)30(50)21-28-19-20-45(28,36)61-25(2)49/h9-18,28-30,33-36,38,50,52,57H,19-23,47H2,1-8H3,(H,48,56)/t28-,29+,30+,33+,34-,35-,36+,38+,44-,45+,46-/m1/s1. The molecule has 6 N–H and O–H groups in total. The number of nitrogens with two attached hydrogens (primary N) is 1. The van der Waals surface area contributed by atoms with Gasteiger partial charge in [-0.25, -0.2) is 14.4 Å². The molecule has 16 heteroatoms. The average Bonchev–Trinajstić information content (AvgIpc) is 3.20. The van der Waals surface area contributed by atoms with Gasteiger partial charge in [0.15, 0.2) is 5.78 Å². The zero-order chi connectivity index (χ0) is 45.7. The molecule has 62 heavy (non-hydrogen) atoms. The fourth-order valence-electron chi connectivity index (χ4n) is 10.4. The average molecular weight is 863 g/mol. The van der Waals surface area contributed by atoms with Gasteiger partial charge in [0.1, 0.15) is 41.2 Å². The van der Waals surface area contributed by atoms with E-state index in [2.05, 4.69) is 5.32 Å². The number of rotatable bonds is 10. The first kappa shape index (κ1) is 46.3. The summed E-state index contributed by atoms with van der Waals surface area (Å²) in [5.74, 6) is -6.70. The normalized spacial score (nSPS) is 32.2. The van der Waals surface area contributed by atoms with Crippen molar-refractivity contribution in [1.82, 2.24) is 5.32 Å². The summed E-state index contributed by atoms with van der Waals surface area (Å²) in [7, 11) is 0. The van der Waals surface area contributed by atoms with Gasteiger partial charge in [-0.1, -0.05) is 62.4 Å². The highest BCUT2D eigenvalue weighted by molar-refractivity contribution is 5.94. The molecule has 3 saturated carbocycles. The monoisotopic (exact) mass is 862 g/mol. The number of carbonyl (C=O) groups is 6. The topological polar surface area (TPSA) is 247 Å². The molecule has 2 aromatic rings. The lowest BCUT2D eigenvalue weighted by Gasteiger charge is -2.68. The molecular formula is C46H58N2O14. The van der Waals surface area contributed by atoms with E-state index in [0.717, 1.165) is 0 Å². The van der Waals surface area contributed by atoms with E-state index >= 15 is 4.79 Å². The van der Waals surface area contributed by atoms with E-state index in [1.165, 1.54) is 32.9 Å². The first-order valence-electron chi connectivity index (χ1n) is 20.9. The smallest absolute Gasteiger partial charge is 0.408 e. The second kappa shape index (κ2) is 16.8. The van der Waals surface area contributed by atoms with Gasteiger partial charge in [0.2, 0.25) is 6.10 Å². The number of ether oxygens (including phenoxy) is 5. The number of carbonyl (C=O) groups excluding carboxylic acids is 6. The zero-order valence-corrected chi connectivity index (χ0v) is 36.3. The maximum Gasteiger partial charge on any atom is 0.408 e. The van der Waals surface area contributed by atoms with E-state index < -0.39 is 125 Å². The minimum absolute atomic E-state index is 0.0149. The minimum Gasteiger partial charge on any atom is -0.458 e. The lowest BCUT2D eigenvalue weighted by Crippen LogP contribution is -2.78. The highest BCUT2D eigenvalue weighted by Gasteiger charge is 2.77. The Bertz CT molecular complexity index is 2120. The molecule has 1 amide bonds. The zero-order valence-electron chi connectivity index (χ0n) is 36.3. The summed E-state index contributed by atoms with van der Waals surface area (Å²) in [6.07, 6.45) is -9.46. The van der Waals surface area contributed by atoms with Crippen LogP contribution in [0.25, 0.3) is 0 Å². The van der Waals surface area contributed by atoms with Crippen molar-refractivity contribution in [2.45, 2.75) is 134 Å². The van der Waals surface area contributed by atoms with Crippen LogP contribution in [0.5, 0.6) is 0 Å². The van der Waals surface area contributed by atoms with Crippen LogP contribution in [0.15, 0.2) is 71.8 Å². The summed E-state index contributed by atoms with van der Waals surface area (Å²) in [6.45, 7) is 11.5. The summed E-state index contributed by atoms with van der Waals surface area (Å²) in [4.78, 5) is 83.1. The van der Waals surface area contributed by atoms with E-state index in [1.54, 1.807) is 83.1 Å². The Balaban J connectivity index is 1.53. The molecule has 2 bridgehead atoms. The molecule has 6 rings (SSSR count). The third-order valence-corrected chi connectivity index (χ3v) is 13.6. The summed E-state index contributed by atoms with van der Waals surface area (Å²) in [5, 5.41) is 40.5. The molecule has 3 fully saturated rings. The largest absolute Gasteiger partial charge is 0.458 e. The predicted molar refractivity (Wildman–Crippen MR) is 220 cm³/mol. The van der Waals surface area contributed by atoms with E-state index in [0.29, 0.717) is 12.0 Å². The van der Waals surface area contributed by atoms with Crippen LogP contribution in [0.4, 0.5) is 4.79 Å². The summed E-state index contributed by atoms with van der Waals surface area (Å²) in [5.41, 5.74) is -2.37. The van der Waals surface area contributed by atoms with Crippen molar-refractivity contribution in [2.24, 2.45) is 28.4 Å². The van der Waals surface area contributed by atoms with Crippen molar-refractivity contribution in [2.75, 3.05) is 6.54 Å². The number of Topliss-reactive ketones (excluding diaryl/α,β-unsaturated/α-hetero) is 1. The molecule has 0 aliphatic heterocycles. The quantitative estimate of drug-likeness (QED) is 0.130. The van der Waals surface area contributed by atoms with E-state index in [-0.39, 0.29) is 29.6 Å². The molecule has 0 heterocycles. The number of esters is 4. The third kappa shape index (κ3) is 8.01. The molecule has 2 aromatic carbocycles. The van der Waals surface area contributed by atoms with E-state index in [4.69, 9.17) is 29.4 Å². The van der Waals surface area contributed by atoms with Gasteiger partial charge in [-0.3, -0.25) is 14.4 Å². The van der Waals surface area contributed by atoms with Gasteiger partial charge in [-0.2, -0.15) is 0 Å². The number of hydrogen-bond acceptors (Lipinski definition) is 15. The highest BCUT2D eigenvalue weighted by atomic mass is 16.6. The van der Waals surface area contributed by atoms with Gasteiger partial charge >= 0.3 is 30.0 Å². The first-order chi connectivity index (χ1) is 28.9. The second-order valence-electron chi connectivity index (χ2n) is 18.7. The fourth-order valence-corrected chi connectivity index (χ4v) is 10.4. The van der Waals surface area contributed by atoms with Gasteiger partial charge in [0, 0.05) is 24.7 Å². The summed E-state index contributed by atoms with van der Waals surface area (Å²) >= 11 is 0. The lowest BCUT2D eigenvalue weighted by molar-refractivity contribution is -0.296. The van der Waals surface area contributed by atoms with Crippen LogP contribution in [0.1, 0.15) is 103 Å². The molecule has 0 saturated heterocycles. The Labute approximate surface area is 360 Å². The molecule has 0 aromatic heterocycles. The van der Waals surface area contributed by atoms with Gasteiger partial charge < -0.3 is 50.1 Å². The molecule has 0 radical (unpaired) electrons. The molecule has 4 aliphatic rings. The lowest BCUT2D eigenvalue weighted by atomic mass is 9.41. The minimum atomic E-state index is -2.35. The van der Waals surface area contributed by atoms with Gasteiger partial charge in [0.25, 0.3) is 0 Å². The van der Waals surface area contributed by atoms with Crippen LogP contribution in [-0.2, 0) is 42.9 Å². The van der Waals surface area contributed by atoms with Gasteiger partial charge in [-0.05, 0) is 82.7 Å². The number of aliphatic hydroxyl groups is 3. The van der Waals surface area contributed by atoms with Crippen molar-refractivity contribution in [3.63, 3.8) is 0 Å². The molecule has 16 nitrogen and oxygen atoms in total. The number of ketones is 1. The molecule has 4 aliphatic carbocycles. The van der Waals surface area contributed by atoms with Crippen molar-refractivity contribution in [1.29, 1.82) is 0 Å². The van der Waals surface area contributed by atoms with Crippen LogP contribution < -0.4 is 11.1 Å². The molecule has 0 unspecified atom stereocenters. The van der Waals surface area contributed by atoms with Crippen molar-refractivity contribution in [3.8, 4) is 0 Å². The number of alkyl carbamates (subject to hydrolysis) is 1. The predicted octanol–water partition coefficient (Wildman–Crippen LogP) is 3.78. The maximum atomic E-state index is 15.1. The summed E-state index contributed by atoms with van der Waals surface area (Å²) < 4.78 is 29.8. The Kier molecular flexibility index (Phi) is 12.6. The van der Waals surface area contributed by atoms with Crippen LogP contribution in [-0.4, -0.2) is 105 Å². The van der Waals surface area contributed by atoms with Crippen LogP contribution in [0.2, 0.25) is 0 Å². The Morgan fingerprint density at radius 3 is 2.11 bits per heavy atom. The Morgan fingerprint density at radius 1 is 0.952 bits per heavy atom. The van der Waals surface area contributed by atoms with E-state index in [9.17, 15) is 39.3 Å². The maximum absolute atomic E-state index is 15.1. The van der Waals surface area contributed by atoms with Gasteiger partial charge in [0.05, 0.1) is 29.5 Å². The van der Waals surface area contributed by atoms with Gasteiger partial charge in [-0.15, -0.1) is 0 Å². The van der Waals surface area contributed by atoms with Crippen LogP contribution >= 0.6 is 0 Å². The number of aliphatic hydroxyl groups excluding tert-OH is 2. The Hall–Kier alpha value is -5.16. The second-order valence-corrected chi connectivity index (χ2v) is 18.7. The highest BCUT2D eigenvalue weighted by Crippen LogP contribution is 2.67. The number of fused-ring (bicyclic) bond motifs is 5. The SMILES string of the molecule is CC(=O)O[C@@]12CC[C@@H]1C[C@H](O)[C@@]1(C)C(=O)[C@H](O)C3=C(C)[C@@H](OC(=O)[C@H](OC(=O)CN)[C@@H](NC(=O)OC(C)(C)C)c4ccccc4)C[C@@](O)([C@@H](OC(=O)c4ccccc4)[C@H]21)C3(C)C. The number of benzene rings is 2. The number of nitrogens with one attached hydrogen (secondary N) is 1. The fraction of sp³-hybridized carbons (Fsp3) is 0.565. The van der Waals surface area contributed by atoms with E-state index in [1.807, 2.05) is 0 Å². The van der Waals surface area contributed by atoms with Crippen molar-refractivity contribution >= 4 is 35.8 Å². The number of amides is 1. The van der Waals surface area contributed by atoms with Crippen molar-refractivity contribution < 1.29 is 67.8 Å². The van der Waals surface area contributed by atoms with Crippen LogP contribution in [0.3, 0.4) is 0 Å². The molecular weight excluding hydrogens is 805 g/mol. The molecule has 336 valence electrons. The first-order valence-corrected chi connectivity index (χ1v) is 20.9. The third-order valence-electron chi connectivity index (χ3n) is 13.6. The molecule has 11 atom stereocenters. The Morgan fingerprint density at radius 2 is 1.56 bits per heavy atom.